The molecule has 0 saturated heterocycles. The average Bonchev–Trinajstić information content (AvgIpc) is 2.98. The molecule has 0 aliphatic carbocycles. The first-order valence-corrected chi connectivity index (χ1v) is 15.9. The smallest absolute Gasteiger partial charge is 0.165 e. The molecule has 0 N–H and O–H groups in total. The third kappa shape index (κ3) is 11.7. The van der Waals surface area contributed by atoms with Gasteiger partial charge in [-0.3, -0.25) is 0 Å². The summed E-state index contributed by atoms with van der Waals surface area (Å²) < 4.78 is 26.6. The van der Waals surface area contributed by atoms with E-state index in [0.717, 1.165) is 36.1 Å². The van der Waals surface area contributed by atoms with Crippen LogP contribution in [0.2, 0.25) is 0 Å². The second-order valence-electron chi connectivity index (χ2n) is 11.1. The maximum absolute atomic E-state index is 14.7. The number of halogens is 1. The van der Waals surface area contributed by atoms with Gasteiger partial charge >= 0.3 is 0 Å². The molecule has 3 rings (SSSR count). The van der Waals surface area contributed by atoms with E-state index in [0.29, 0.717) is 19.0 Å². The molecule has 0 atom stereocenters. The van der Waals surface area contributed by atoms with Gasteiger partial charge in [0.2, 0.25) is 0 Å². The molecule has 0 aliphatic rings. The quantitative estimate of drug-likeness (QED) is 0.124. The Bertz CT molecular complexity index is 1080. The van der Waals surface area contributed by atoms with Crippen molar-refractivity contribution in [3.05, 3.63) is 83.7 Å². The molecule has 218 valence electrons. The number of rotatable bonds is 21. The summed E-state index contributed by atoms with van der Waals surface area (Å²) in [6.07, 6.45) is 18.9. The van der Waals surface area contributed by atoms with Gasteiger partial charge < -0.3 is 9.47 Å². The molecule has 0 bridgehead atoms. The zero-order chi connectivity index (χ0) is 28.3. The number of hydrogen-bond acceptors (Lipinski definition) is 2. The van der Waals surface area contributed by atoms with Gasteiger partial charge in [-0.25, -0.2) is 4.39 Å². The third-order valence-electron chi connectivity index (χ3n) is 7.69. The lowest BCUT2D eigenvalue weighted by molar-refractivity contribution is 0.290. The highest BCUT2D eigenvalue weighted by Crippen LogP contribution is 2.28. The van der Waals surface area contributed by atoms with Gasteiger partial charge in [0.1, 0.15) is 12.4 Å². The van der Waals surface area contributed by atoms with Gasteiger partial charge in [0, 0.05) is 0 Å². The van der Waals surface area contributed by atoms with Gasteiger partial charge in [0.15, 0.2) is 11.6 Å². The first kappa shape index (κ1) is 31.7. The number of aryl methyl sites for hydroxylation is 1. The maximum Gasteiger partial charge on any atom is 0.165 e. The molecule has 3 heteroatoms. The van der Waals surface area contributed by atoms with Crippen LogP contribution in [0.25, 0.3) is 11.1 Å². The second kappa shape index (κ2) is 19.3. The van der Waals surface area contributed by atoms with Crippen molar-refractivity contribution in [2.45, 2.75) is 117 Å². The van der Waals surface area contributed by atoms with E-state index in [9.17, 15) is 4.39 Å². The topological polar surface area (TPSA) is 18.5 Å². The monoisotopic (exact) mass is 546 g/mol. The maximum atomic E-state index is 14.7. The Morgan fingerprint density at radius 1 is 0.550 bits per heavy atom. The fourth-order valence-corrected chi connectivity index (χ4v) is 5.16. The lowest BCUT2D eigenvalue weighted by Gasteiger charge is -2.12. The van der Waals surface area contributed by atoms with Crippen LogP contribution in [0.4, 0.5) is 4.39 Å². The van der Waals surface area contributed by atoms with E-state index >= 15 is 0 Å². The molecule has 0 aliphatic heterocycles. The van der Waals surface area contributed by atoms with Gasteiger partial charge in [-0.05, 0) is 65.8 Å². The van der Waals surface area contributed by atoms with Crippen LogP contribution in [-0.2, 0) is 13.0 Å². The van der Waals surface area contributed by atoms with Crippen molar-refractivity contribution in [1.82, 2.24) is 0 Å². The normalized spacial score (nSPS) is 11.1. The minimum atomic E-state index is -0.306. The van der Waals surface area contributed by atoms with E-state index in [2.05, 4.69) is 38.1 Å². The van der Waals surface area contributed by atoms with E-state index in [1.54, 1.807) is 12.1 Å². The lowest BCUT2D eigenvalue weighted by Crippen LogP contribution is -2.00. The summed E-state index contributed by atoms with van der Waals surface area (Å²) in [5, 5.41) is 0. The van der Waals surface area contributed by atoms with Crippen molar-refractivity contribution in [2.24, 2.45) is 0 Å². The molecule has 0 unspecified atom stereocenters. The van der Waals surface area contributed by atoms with Crippen LogP contribution < -0.4 is 9.47 Å². The largest absolute Gasteiger partial charge is 0.491 e. The Kier molecular flexibility index (Phi) is 15.3. The minimum absolute atomic E-state index is 0.306. The van der Waals surface area contributed by atoms with Crippen LogP contribution in [0.1, 0.15) is 115 Å². The van der Waals surface area contributed by atoms with Crippen LogP contribution in [-0.4, -0.2) is 6.61 Å². The summed E-state index contributed by atoms with van der Waals surface area (Å²) >= 11 is 0. The van der Waals surface area contributed by atoms with Crippen molar-refractivity contribution >= 4 is 0 Å². The van der Waals surface area contributed by atoms with Crippen LogP contribution in [0.5, 0.6) is 11.5 Å². The first-order chi connectivity index (χ1) is 19.7. The predicted molar refractivity (Wildman–Crippen MR) is 168 cm³/mol. The fraction of sp³-hybridized carbons (Fsp3) is 0.514. The summed E-state index contributed by atoms with van der Waals surface area (Å²) in [6, 6.07) is 21.8. The van der Waals surface area contributed by atoms with E-state index in [-0.39, 0.29) is 5.82 Å². The van der Waals surface area contributed by atoms with Gasteiger partial charge in [-0.2, -0.15) is 0 Å². The molecule has 3 aromatic rings. The highest BCUT2D eigenvalue weighted by Gasteiger charge is 2.08. The molecular formula is C37H51FO2. The third-order valence-corrected chi connectivity index (χ3v) is 7.69. The summed E-state index contributed by atoms with van der Waals surface area (Å²) in [5.41, 5.74) is 4.44. The Hall–Kier alpha value is -2.81. The van der Waals surface area contributed by atoms with Crippen molar-refractivity contribution < 1.29 is 13.9 Å². The van der Waals surface area contributed by atoms with Crippen molar-refractivity contribution in [1.29, 1.82) is 0 Å². The second-order valence-corrected chi connectivity index (χ2v) is 11.1. The van der Waals surface area contributed by atoms with Crippen LogP contribution in [0.15, 0.2) is 66.7 Å². The molecule has 0 fully saturated rings. The van der Waals surface area contributed by atoms with Gasteiger partial charge in [-0.15, -0.1) is 0 Å². The minimum Gasteiger partial charge on any atom is -0.491 e. The molecule has 0 saturated carbocycles. The van der Waals surface area contributed by atoms with Crippen LogP contribution >= 0.6 is 0 Å². The molecule has 0 heterocycles. The zero-order valence-electron chi connectivity index (χ0n) is 25.1. The Morgan fingerprint density at radius 2 is 1.12 bits per heavy atom. The Morgan fingerprint density at radius 3 is 1.77 bits per heavy atom. The number of unbranched alkanes of at least 4 members (excludes halogenated alkanes) is 12. The molecule has 0 radical (unpaired) electrons. The Balaban J connectivity index is 1.42. The van der Waals surface area contributed by atoms with E-state index in [4.69, 9.17) is 9.47 Å². The molecule has 0 amide bonds. The SMILES string of the molecule is CCCCCCCCCCOc1ccc(-c2ccc(OCc3ccccc3CCCCCCCC)cc2)cc1F. The van der Waals surface area contributed by atoms with Crippen molar-refractivity contribution in [2.75, 3.05) is 6.61 Å². The molecule has 40 heavy (non-hydrogen) atoms. The van der Waals surface area contributed by atoms with Crippen LogP contribution in [0.3, 0.4) is 0 Å². The van der Waals surface area contributed by atoms with E-state index < -0.39 is 0 Å². The molecule has 3 aromatic carbocycles. The van der Waals surface area contributed by atoms with E-state index in [1.807, 2.05) is 30.3 Å². The van der Waals surface area contributed by atoms with Gasteiger partial charge in [-0.1, -0.05) is 133 Å². The Labute approximate surface area is 243 Å². The predicted octanol–water partition coefficient (Wildman–Crippen LogP) is 11.5. The zero-order valence-corrected chi connectivity index (χ0v) is 25.1. The van der Waals surface area contributed by atoms with E-state index in [1.165, 1.54) is 88.2 Å². The summed E-state index contributed by atoms with van der Waals surface area (Å²) in [5.74, 6) is 0.856. The highest BCUT2D eigenvalue weighted by molar-refractivity contribution is 5.65. The first-order valence-electron chi connectivity index (χ1n) is 15.9. The van der Waals surface area contributed by atoms with Gasteiger partial charge in [0.05, 0.1) is 6.61 Å². The number of benzene rings is 3. The average molecular weight is 547 g/mol. The number of ether oxygens (including phenoxy) is 2. The van der Waals surface area contributed by atoms with Crippen molar-refractivity contribution in [3.8, 4) is 22.6 Å². The summed E-state index contributed by atoms with van der Waals surface area (Å²) in [6.45, 7) is 5.63. The molecular weight excluding hydrogens is 495 g/mol. The van der Waals surface area contributed by atoms with Crippen LogP contribution in [0, 0.1) is 5.82 Å². The van der Waals surface area contributed by atoms with Crippen molar-refractivity contribution in [3.63, 3.8) is 0 Å². The standard InChI is InChI=1S/C37H51FO2/c1-3-5-7-9-11-12-14-18-28-39-37-27-24-33(29-36(37)38)32-22-25-35(26-23-32)40-30-34-21-17-16-20-31(34)19-15-13-10-8-6-4-2/h16-17,20-27,29H,3-15,18-19,28,30H2,1-2H3. The van der Waals surface area contributed by atoms with Gasteiger partial charge in [0.25, 0.3) is 0 Å². The highest BCUT2D eigenvalue weighted by atomic mass is 19.1. The lowest BCUT2D eigenvalue weighted by atomic mass is 10.0. The molecule has 0 aromatic heterocycles. The fourth-order valence-electron chi connectivity index (χ4n) is 5.16. The summed E-state index contributed by atoms with van der Waals surface area (Å²) in [7, 11) is 0. The number of hydrogen-bond donors (Lipinski definition) is 0. The molecule has 0 spiro atoms. The summed E-state index contributed by atoms with van der Waals surface area (Å²) in [4.78, 5) is 0. The molecule has 2 nitrogen and oxygen atoms in total.